The number of hydrogen-bond acceptors (Lipinski definition) is 2. The zero-order chi connectivity index (χ0) is 25.6. The van der Waals surface area contributed by atoms with Gasteiger partial charge in [0.1, 0.15) is 11.5 Å². The Morgan fingerprint density at radius 3 is 2.03 bits per heavy atom. The summed E-state index contributed by atoms with van der Waals surface area (Å²) < 4.78 is 5.42. The van der Waals surface area contributed by atoms with Crippen molar-refractivity contribution in [2.75, 3.05) is 7.11 Å². The molecule has 0 radical (unpaired) electrons. The first-order valence-electron chi connectivity index (χ1n) is 13.0. The van der Waals surface area contributed by atoms with E-state index in [1.807, 2.05) is 6.07 Å². The van der Waals surface area contributed by atoms with Crippen LogP contribution in [0.2, 0.25) is 0 Å². The maximum Gasteiger partial charge on any atom is 0.123 e. The molecule has 1 N–H and O–H groups in total. The first kappa shape index (κ1) is 23.2. The highest BCUT2D eigenvalue weighted by atomic mass is 16.5. The molecule has 0 heterocycles. The number of aromatic hydroxyl groups is 1. The van der Waals surface area contributed by atoms with Crippen LogP contribution in [0.15, 0.2) is 60.7 Å². The van der Waals surface area contributed by atoms with Crippen LogP contribution < -0.4 is 4.74 Å². The number of benzene rings is 4. The lowest BCUT2D eigenvalue weighted by atomic mass is 9.71. The van der Waals surface area contributed by atoms with E-state index in [-0.39, 0.29) is 16.2 Å². The largest absolute Gasteiger partial charge is 0.507 e. The molecule has 0 aromatic heterocycles. The van der Waals surface area contributed by atoms with Gasteiger partial charge < -0.3 is 9.84 Å². The molecule has 2 aliphatic rings. The quantitative estimate of drug-likeness (QED) is 0.313. The van der Waals surface area contributed by atoms with Crippen LogP contribution in [0.5, 0.6) is 11.5 Å². The molecular weight excluding hydrogens is 440 g/mol. The monoisotopic (exact) mass is 476 g/mol. The zero-order valence-corrected chi connectivity index (χ0v) is 22.5. The maximum atomic E-state index is 11.5. The van der Waals surface area contributed by atoms with E-state index in [0.29, 0.717) is 5.75 Å². The molecule has 1 spiro atoms. The van der Waals surface area contributed by atoms with Crippen LogP contribution in [0.3, 0.4) is 0 Å². The summed E-state index contributed by atoms with van der Waals surface area (Å²) in [6.45, 7) is 14.0. The smallest absolute Gasteiger partial charge is 0.123 e. The molecule has 4 aromatic rings. The predicted molar refractivity (Wildman–Crippen MR) is 150 cm³/mol. The fourth-order valence-corrected chi connectivity index (χ4v) is 7.28. The van der Waals surface area contributed by atoms with Crippen molar-refractivity contribution in [1.82, 2.24) is 0 Å². The van der Waals surface area contributed by atoms with Crippen molar-refractivity contribution in [2.45, 2.75) is 59.8 Å². The number of phenolic OH excluding ortho intramolecular Hbond substituents is 1. The Hall–Kier alpha value is -3.26. The normalized spacial score (nSPS) is 18.4. The van der Waals surface area contributed by atoms with E-state index in [1.165, 1.54) is 33.4 Å². The molecule has 0 amide bonds. The molecule has 36 heavy (non-hydrogen) atoms. The van der Waals surface area contributed by atoms with Crippen molar-refractivity contribution in [3.63, 3.8) is 0 Å². The topological polar surface area (TPSA) is 29.5 Å². The number of rotatable bonds is 2. The van der Waals surface area contributed by atoms with E-state index in [2.05, 4.69) is 96.1 Å². The molecule has 184 valence electrons. The Morgan fingerprint density at radius 1 is 0.694 bits per heavy atom. The predicted octanol–water partition coefficient (Wildman–Crippen LogP) is 8.95. The van der Waals surface area contributed by atoms with Gasteiger partial charge in [-0.25, -0.2) is 0 Å². The molecule has 2 heteroatoms. The highest BCUT2D eigenvalue weighted by Crippen LogP contribution is 2.68. The number of aryl methyl sites for hydroxylation is 2. The van der Waals surface area contributed by atoms with Gasteiger partial charge in [-0.2, -0.15) is 0 Å². The van der Waals surface area contributed by atoms with Gasteiger partial charge in [0.05, 0.1) is 7.11 Å². The first-order chi connectivity index (χ1) is 17.0. The van der Waals surface area contributed by atoms with Crippen LogP contribution in [-0.2, 0) is 5.41 Å². The van der Waals surface area contributed by atoms with E-state index in [0.717, 1.165) is 40.5 Å². The standard InChI is InChI=1S/C34H36O2/c1-20-14-22(36-7)12-13-23(20)25-16-26-27(15-21(25)2)31-24-10-8-9-11-28(24)34(29(31)17-30(26)35)18-32(3,4)33(5,6)19-34/h8-17,35H,18-19H2,1-7H3. The summed E-state index contributed by atoms with van der Waals surface area (Å²) in [5.74, 6) is 1.24. The van der Waals surface area contributed by atoms with Gasteiger partial charge in [-0.1, -0.05) is 64.1 Å². The van der Waals surface area contributed by atoms with Crippen molar-refractivity contribution in [3.05, 3.63) is 82.9 Å². The molecule has 1 saturated carbocycles. The highest BCUT2D eigenvalue weighted by molar-refractivity contribution is 6.07. The highest BCUT2D eigenvalue weighted by Gasteiger charge is 2.58. The lowest BCUT2D eigenvalue weighted by Gasteiger charge is -2.34. The van der Waals surface area contributed by atoms with Gasteiger partial charge in [-0.05, 0) is 112 Å². The van der Waals surface area contributed by atoms with Crippen molar-refractivity contribution < 1.29 is 9.84 Å². The number of fused-ring (bicyclic) bond motifs is 7. The molecule has 0 atom stereocenters. The second kappa shape index (κ2) is 7.38. The molecular formula is C34H36O2. The maximum absolute atomic E-state index is 11.5. The summed E-state index contributed by atoms with van der Waals surface area (Å²) in [4.78, 5) is 0. The van der Waals surface area contributed by atoms with Crippen LogP contribution in [0.4, 0.5) is 0 Å². The SMILES string of the molecule is COc1ccc(-c2cc3c(O)cc4c(c3cc2C)-c2ccccc2C42CC(C)(C)C(C)(C)C2)c(C)c1. The van der Waals surface area contributed by atoms with E-state index >= 15 is 0 Å². The van der Waals surface area contributed by atoms with Gasteiger partial charge in [0.25, 0.3) is 0 Å². The number of methoxy groups -OCH3 is 1. The fraction of sp³-hybridized carbons (Fsp3) is 0.353. The van der Waals surface area contributed by atoms with E-state index < -0.39 is 0 Å². The molecule has 0 bridgehead atoms. The third-order valence-electron chi connectivity index (χ3n) is 9.73. The molecule has 0 saturated heterocycles. The van der Waals surface area contributed by atoms with Gasteiger partial charge in [0.15, 0.2) is 0 Å². The average molecular weight is 477 g/mol. The summed E-state index contributed by atoms with van der Waals surface area (Å²) in [5, 5.41) is 13.6. The summed E-state index contributed by atoms with van der Waals surface area (Å²) >= 11 is 0. The van der Waals surface area contributed by atoms with Crippen LogP contribution in [-0.4, -0.2) is 12.2 Å². The van der Waals surface area contributed by atoms with Crippen molar-refractivity contribution in [1.29, 1.82) is 0 Å². The Bertz CT molecular complexity index is 1540. The number of ether oxygens (including phenoxy) is 1. The van der Waals surface area contributed by atoms with Crippen molar-refractivity contribution in [3.8, 4) is 33.8 Å². The minimum atomic E-state index is -0.0657. The third-order valence-corrected chi connectivity index (χ3v) is 9.73. The van der Waals surface area contributed by atoms with Gasteiger partial charge in [0, 0.05) is 10.8 Å². The molecule has 4 aromatic carbocycles. The summed E-state index contributed by atoms with van der Waals surface area (Å²) in [6.07, 6.45) is 2.17. The minimum absolute atomic E-state index is 0.0657. The third kappa shape index (κ3) is 2.97. The van der Waals surface area contributed by atoms with E-state index in [9.17, 15) is 5.11 Å². The van der Waals surface area contributed by atoms with Crippen LogP contribution in [0.25, 0.3) is 33.0 Å². The van der Waals surface area contributed by atoms with Crippen LogP contribution in [0, 0.1) is 24.7 Å². The molecule has 2 nitrogen and oxygen atoms in total. The minimum Gasteiger partial charge on any atom is -0.507 e. The van der Waals surface area contributed by atoms with Gasteiger partial charge in [-0.15, -0.1) is 0 Å². The van der Waals surface area contributed by atoms with Gasteiger partial charge in [0.2, 0.25) is 0 Å². The molecule has 1 fully saturated rings. The summed E-state index contributed by atoms with van der Waals surface area (Å²) in [7, 11) is 1.70. The lowest BCUT2D eigenvalue weighted by molar-refractivity contribution is 0.157. The summed E-state index contributed by atoms with van der Waals surface area (Å²) in [5.41, 5.74) is 10.4. The number of hydrogen-bond donors (Lipinski definition) is 1. The van der Waals surface area contributed by atoms with Gasteiger partial charge in [-0.3, -0.25) is 0 Å². The molecule has 6 rings (SSSR count). The van der Waals surface area contributed by atoms with Crippen LogP contribution in [0.1, 0.15) is 62.8 Å². The Balaban J connectivity index is 1.64. The zero-order valence-electron chi connectivity index (χ0n) is 22.5. The molecule has 0 unspecified atom stereocenters. The Kier molecular flexibility index (Phi) is 4.75. The number of phenols is 1. The van der Waals surface area contributed by atoms with Crippen LogP contribution >= 0.6 is 0 Å². The molecule has 2 aliphatic carbocycles. The second-order valence-corrected chi connectivity index (χ2v) is 12.5. The second-order valence-electron chi connectivity index (χ2n) is 12.5. The lowest BCUT2D eigenvalue weighted by Crippen LogP contribution is -2.25. The van der Waals surface area contributed by atoms with E-state index in [4.69, 9.17) is 4.74 Å². The molecule has 0 aliphatic heterocycles. The first-order valence-corrected chi connectivity index (χ1v) is 13.0. The summed E-state index contributed by atoms with van der Waals surface area (Å²) in [6, 6.07) is 21.7. The van der Waals surface area contributed by atoms with E-state index in [1.54, 1.807) is 7.11 Å². The Labute approximate surface area is 215 Å². The van der Waals surface area contributed by atoms with Crippen molar-refractivity contribution in [2.24, 2.45) is 10.8 Å². The van der Waals surface area contributed by atoms with Crippen molar-refractivity contribution >= 4 is 10.8 Å². The Morgan fingerprint density at radius 2 is 1.36 bits per heavy atom. The van der Waals surface area contributed by atoms with Gasteiger partial charge >= 0.3 is 0 Å². The fourth-order valence-electron chi connectivity index (χ4n) is 7.28. The average Bonchev–Trinajstić information content (AvgIpc) is 3.19.